The van der Waals surface area contributed by atoms with E-state index in [4.69, 9.17) is 4.74 Å². The van der Waals surface area contributed by atoms with Crippen LogP contribution in [0.2, 0.25) is 0 Å². The number of carbonyl (C=O) groups is 1. The van der Waals surface area contributed by atoms with Gasteiger partial charge in [-0.1, -0.05) is 17.7 Å². The summed E-state index contributed by atoms with van der Waals surface area (Å²) in [5.74, 6) is 0.603. The summed E-state index contributed by atoms with van der Waals surface area (Å²) in [7, 11) is 0. The van der Waals surface area contributed by atoms with E-state index >= 15 is 0 Å². The maximum Gasteiger partial charge on any atom is 0.273 e. The zero-order chi connectivity index (χ0) is 17.8. The maximum absolute atomic E-state index is 12.4. The highest BCUT2D eigenvalue weighted by Gasteiger charge is 2.12. The molecule has 1 heterocycles. The van der Waals surface area contributed by atoms with Crippen molar-refractivity contribution in [3.8, 4) is 17.0 Å². The van der Waals surface area contributed by atoms with E-state index in [1.165, 1.54) is 0 Å². The van der Waals surface area contributed by atoms with Crippen LogP contribution in [0, 0.1) is 13.8 Å². The molecule has 25 heavy (non-hydrogen) atoms. The van der Waals surface area contributed by atoms with Gasteiger partial charge in [-0.2, -0.15) is 5.10 Å². The summed E-state index contributed by atoms with van der Waals surface area (Å²) in [5.41, 5.74) is 5.05. The van der Waals surface area contributed by atoms with Gasteiger partial charge in [0.1, 0.15) is 11.4 Å². The van der Waals surface area contributed by atoms with Gasteiger partial charge in [0.15, 0.2) is 0 Å². The van der Waals surface area contributed by atoms with E-state index < -0.39 is 0 Å². The second kappa shape index (κ2) is 7.21. The molecule has 3 rings (SSSR count). The van der Waals surface area contributed by atoms with Gasteiger partial charge in [-0.3, -0.25) is 9.89 Å². The third-order valence-corrected chi connectivity index (χ3v) is 3.91. The van der Waals surface area contributed by atoms with Crippen LogP contribution in [-0.4, -0.2) is 22.7 Å². The minimum atomic E-state index is -0.211. The van der Waals surface area contributed by atoms with Crippen molar-refractivity contribution in [3.05, 3.63) is 65.4 Å². The van der Waals surface area contributed by atoms with Crippen LogP contribution in [0.1, 0.15) is 28.5 Å². The summed E-state index contributed by atoms with van der Waals surface area (Å²) in [6.07, 6.45) is 0. The highest BCUT2D eigenvalue weighted by molar-refractivity contribution is 6.03. The average molecular weight is 335 g/mol. The summed E-state index contributed by atoms with van der Waals surface area (Å²) in [5, 5.41) is 9.95. The van der Waals surface area contributed by atoms with Crippen LogP contribution in [-0.2, 0) is 0 Å². The average Bonchev–Trinajstić information content (AvgIpc) is 3.08. The SMILES string of the molecule is CCOc1ccc(-c2cc(C(=O)Nc3ccc(C)cc3C)[nH]n2)cc1. The molecule has 0 bridgehead atoms. The fraction of sp³-hybridized carbons (Fsp3) is 0.200. The van der Waals surface area contributed by atoms with Gasteiger partial charge < -0.3 is 10.1 Å². The standard InChI is InChI=1S/C20H21N3O2/c1-4-25-16-8-6-15(7-9-16)18-12-19(23-22-18)20(24)21-17-10-5-13(2)11-14(17)3/h5-12H,4H2,1-3H3,(H,21,24)(H,22,23). The number of hydrogen-bond donors (Lipinski definition) is 2. The molecule has 0 fully saturated rings. The molecule has 0 aliphatic heterocycles. The lowest BCUT2D eigenvalue weighted by Crippen LogP contribution is -2.13. The Hall–Kier alpha value is -3.08. The minimum Gasteiger partial charge on any atom is -0.494 e. The quantitative estimate of drug-likeness (QED) is 0.728. The molecule has 0 unspecified atom stereocenters. The number of nitrogens with zero attached hydrogens (tertiary/aromatic N) is 1. The molecular weight excluding hydrogens is 314 g/mol. The Kier molecular flexibility index (Phi) is 4.84. The molecule has 0 aliphatic carbocycles. The van der Waals surface area contributed by atoms with Crippen molar-refractivity contribution in [1.82, 2.24) is 10.2 Å². The Morgan fingerprint density at radius 3 is 2.56 bits per heavy atom. The van der Waals surface area contributed by atoms with Crippen LogP contribution < -0.4 is 10.1 Å². The molecule has 0 radical (unpaired) electrons. The van der Waals surface area contributed by atoms with E-state index in [2.05, 4.69) is 15.5 Å². The lowest BCUT2D eigenvalue weighted by molar-refractivity contribution is 0.102. The number of carbonyl (C=O) groups excluding carboxylic acids is 1. The molecule has 1 aromatic heterocycles. The van der Waals surface area contributed by atoms with Crippen LogP contribution in [0.25, 0.3) is 11.3 Å². The molecule has 0 saturated heterocycles. The van der Waals surface area contributed by atoms with Crippen LogP contribution in [0.4, 0.5) is 5.69 Å². The lowest BCUT2D eigenvalue weighted by atomic mass is 10.1. The largest absolute Gasteiger partial charge is 0.494 e. The Bertz CT molecular complexity index is 882. The smallest absolute Gasteiger partial charge is 0.273 e. The molecular formula is C20H21N3O2. The molecule has 2 aromatic carbocycles. The normalized spacial score (nSPS) is 10.5. The number of aromatic nitrogens is 2. The summed E-state index contributed by atoms with van der Waals surface area (Å²) in [6.45, 7) is 6.57. The summed E-state index contributed by atoms with van der Waals surface area (Å²) in [4.78, 5) is 12.4. The molecule has 0 saturated carbocycles. The number of aryl methyl sites for hydroxylation is 2. The second-order valence-corrected chi connectivity index (χ2v) is 5.90. The van der Waals surface area contributed by atoms with Crippen molar-refractivity contribution in [2.24, 2.45) is 0 Å². The van der Waals surface area contributed by atoms with Gasteiger partial charge in [-0.05, 0) is 62.7 Å². The van der Waals surface area contributed by atoms with Crippen molar-refractivity contribution in [2.75, 3.05) is 11.9 Å². The number of anilines is 1. The Morgan fingerprint density at radius 2 is 1.88 bits per heavy atom. The van der Waals surface area contributed by atoms with E-state index in [1.807, 2.05) is 63.2 Å². The van der Waals surface area contributed by atoms with Gasteiger partial charge in [0, 0.05) is 11.3 Å². The van der Waals surface area contributed by atoms with E-state index in [1.54, 1.807) is 6.07 Å². The van der Waals surface area contributed by atoms with Gasteiger partial charge in [0.05, 0.1) is 12.3 Å². The summed E-state index contributed by atoms with van der Waals surface area (Å²) >= 11 is 0. The van der Waals surface area contributed by atoms with Crippen LogP contribution in [0.3, 0.4) is 0 Å². The number of rotatable bonds is 5. The van der Waals surface area contributed by atoms with E-state index in [0.29, 0.717) is 18.0 Å². The zero-order valence-electron chi connectivity index (χ0n) is 14.6. The van der Waals surface area contributed by atoms with Gasteiger partial charge in [-0.25, -0.2) is 0 Å². The van der Waals surface area contributed by atoms with E-state index in [0.717, 1.165) is 28.1 Å². The summed E-state index contributed by atoms with van der Waals surface area (Å²) in [6, 6.07) is 15.3. The molecule has 3 aromatic rings. The van der Waals surface area contributed by atoms with Crippen molar-refractivity contribution in [3.63, 3.8) is 0 Å². The molecule has 2 N–H and O–H groups in total. The molecule has 0 aliphatic rings. The fourth-order valence-corrected chi connectivity index (χ4v) is 2.62. The highest BCUT2D eigenvalue weighted by Crippen LogP contribution is 2.22. The number of nitrogens with one attached hydrogen (secondary N) is 2. The first-order valence-corrected chi connectivity index (χ1v) is 8.24. The molecule has 0 spiro atoms. The number of H-pyrrole nitrogens is 1. The first-order valence-electron chi connectivity index (χ1n) is 8.24. The van der Waals surface area contributed by atoms with Crippen LogP contribution in [0.5, 0.6) is 5.75 Å². The molecule has 128 valence electrons. The van der Waals surface area contributed by atoms with E-state index in [-0.39, 0.29) is 5.91 Å². The molecule has 5 nitrogen and oxygen atoms in total. The Morgan fingerprint density at radius 1 is 1.12 bits per heavy atom. The van der Waals surface area contributed by atoms with Gasteiger partial charge in [-0.15, -0.1) is 0 Å². The highest BCUT2D eigenvalue weighted by atomic mass is 16.5. The predicted molar refractivity (Wildman–Crippen MR) is 99.1 cm³/mol. The Balaban J connectivity index is 1.75. The van der Waals surface area contributed by atoms with Crippen molar-refractivity contribution in [2.45, 2.75) is 20.8 Å². The van der Waals surface area contributed by atoms with Gasteiger partial charge >= 0.3 is 0 Å². The molecule has 5 heteroatoms. The third-order valence-electron chi connectivity index (χ3n) is 3.91. The second-order valence-electron chi connectivity index (χ2n) is 5.90. The first kappa shape index (κ1) is 16.8. The molecule has 1 amide bonds. The number of ether oxygens (including phenoxy) is 1. The van der Waals surface area contributed by atoms with Crippen molar-refractivity contribution >= 4 is 11.6 Å². The number of hydrogen-bond acceptors (Lipinski definition) is 3. The topological polar surface area (TPSA) is 67.0 Å². The number of benzene rings is 2. The molecule has 0 atom stereocenters. The number of aromatic amines is 1. The summed E-state index contributed by atoms with van der Waals surface area (Å²) < 4.78 is 5.43. The predicted octanol–water partition coefficient (Wildman–Crippen LogP) is 4.34. The monoisotopic (exact) mass is 335 g/mol. The van der Waals surface area contributed by atoms with Gasteiger partial charge in [0.25, 0.3) is 5.91 Å². The van der Waals surface area contributed by atoms with Crippen molar-refractivity contribution < 1.29 is 9.53 Å². The lowest BCUT2D eigenvalue weighted by Gasteiger charge is -2.07. The number of amides is 1. The minimum absolute atomic E-state index is 0.211. The fourth-order valence-electron chi connectivity index (χ4n) is 2.62. The van der Waals surface area contributed by atoms with Crippen LogP contribution in [0.15, 0.2) is 48.5 Å². The zero-order valence-corrected chi connectivity index (χ0v) is 14.6. The van der Waals surface area contributed by atoms with Gasteiger partial charge in [0.2, 0.25) is 0 Å². The first-order chi connectivity index (χ1) is 12.1. The van der Waals surface area contributed by atoms with Crippen molar-refractivity contribution in [1.29, 1.82) is 0 Å². The van der Waals surface area contributed by atoms with Crippen LogP contribution >= 0.6 is 0 Å². The maximum atomic E-state index is 12.4. The van der Waals surface area contributed by atoms with E-state index in [9.17, 15) is 4.79 Å². The Labute approximate surface area is 147 Å². The third kappa shape index (κ3) is 3.88.